The van der Waals surface area contributed by atoms with E-state index in [0.29, 0.717) is 159 Å². The van der Waals surface area contributed by atoms with Gasteiger partial charge in [-0.1, -0.05) is 78.9 Å². The lowest BCUT2D eigenvalue weighted by Crippen LogP contribution is -2.32. The summed E-state index contributed by atoms with van der Waals surface area (Å²) < 4.78 is 66.5. The van der Waals surface area contributed by atoms with Crippen molar-refractivity contribution in [2.45, 2.75) is 12.5 Å². The van der Waals surface area contributed by atoms with Crippen LogP contribution in [0.1, 0.15) is 22.6 Å². The molecule has 328 valence electrons. The molecular formula is C45H65NO13. The molecule has 0 aromatic heterocycles. The Morgan fingerprint density at radius 2 is 0.746 bits per heavy atom. The Morgan fingerprint density at radius 1 is 0.424 bits per heavy atom. The summed E-state index contributed by atoms with van der Waals surface area (Å²) in [4.78, 5) is 14.2. The van der Waals surface area contributed by atoms with Gasteiger partial charge in [0.25, 0.3) is 0 Å². The second-order valence-electron chi connectivity index (χ2n) is 13.4. The maximum Gasteiger partial charge on any atom is 0.409 e. The van der Waals surface area contributed by atoms with E-state index in [0.717, 1.165) is 5.56 Å². The fourth-order valence-corrected chi connectivity index (χ4v) is 5.96. The first-order valence-corrected chi connectivity index (χ1v) is 20.7. The highest BCUT2D eigenvalue weighted by molar-refractivity contribution is 5.79. The number of hydrogen-bond donors (Lipinski definition) is 0. The molecule has 1 aliphatic rings. The molecule has 3 aromatic rings. The van der Waals surface area contributed by atoms with Gasteiger partial charge in [-0.25, -0.2) is 4.79 Å². The number of carbonyl (C=O) groups is 1. The number of hydrogen-bond acceptors (Lipinski definition) is 13. The largest absolute Gasteiger partial charge is 0.448 e. The number of benzene rings is 3. The molecule has 0 unspecified atom stereocenters. The third-order valence-electron chi connectivity index (χ3n) is 9.05. The van der Waals surface area contributed by atoms with Gasteiger partial charge in [0.15, 0.2) is 0 Å². The van der Waals surface area contributed by atoms with Gasteiger partial charge in [0, 0.05) is 19.5 Å². The minimum atomic E-state index is -0.365. The predicted molar refractivity (Wildman–Crippen MR) is 222 cm³/mol. The molecule has 0 atom stereocenters. The van der Waals surface area contributed by atoms with Crippen molar-refractivity contribution in [3.8, 4) is 11.1 Å². The summed E-state index contributed by atoms with van der Waals surface area (Å²) in [6, 6.07) is 26.7. The van der Waals surface area contributed by atoms with Crippen LogP contribution in [0.5, 0.6) is 0 Å². The molecule has 4 rings (SSSR count). The first kappa shape index (κ1) is 48.2. The summed E-state index contributed by atoms with van der Waals surface area (Å²) in [6.45, 7) is 11.6. The van der Waals surface area contributed by atoms with Crippen molar-refractivity contribution in [3.05, 3.63) is 95.6 Å². The minimum absolute atomic E-state index is 0.0372. The van der Waals surface area contributed by atoms with Crippen molar-refractivity contribution in [1.82, 2.24) is 4.90 Å². The fraction of sp³-hybridized carbons (Fsp3) is 0.578. The number of amides is 1. The third kappa shape index (κ3) is 21.0. The van der Waals surface area contributed by atoms with Crippen molar-refractivity contribution in [2.24, 2.45) is 0 Å². The molecule has 0 heterocycles. The molecule has 14 nitrogen and oxygen atoms in total. The maximum absolute atomic E-state index is 12.6. The highest BCUT2D eigenvalue weighted by Crippen LogP contribution is 2.44. The zero-order valence-corrected chi connectivity index (χ0v) is 34.8. The van der Waals surface area contributed by atoms with E-state index in [1.54, 1.807) is 7.05 Å². The number of ether oxygens (including phenoxy) is 12. The van der Waals surface area contributed by atoms with Crippen LogP contribution in [0.15, 0.2) is 78.9 Å². The van der Waals surface area contributed by atoms with E-state index in [9.17, 15) is 4.79 Å². The van der Waals surface area contributed by atoms with Crippen LogP contribution in [0.3, 0.4) is 0 Å². The Balaban J connectivity index is 0.787. The Bertz CT molecular complexity index is 1440. The van der Waals surface area contributed by atoms with Crippen LogP contribution in [0.2, 0.25) is 0 Å². The van der Waals surface area contributed by atoms with Gasteiger partial charge in [-0.3, -0.25) is 0 Å². The van der Waals surface area contributed by atoms with E-state index in [4.69, 9.17) is 56.8 Å². The van der Waals surface area contributed by atoms with E-state index in [1.165, 1.54) is 27.2 Å². The molecule has 0 radical (unpaired) electrons. The Kier molecular flexibility index (Phi) is 26.4. The number of carbonyl (C=O) groups excluding carboxylic acids is 1. The molecule has 1 aliphatic carbocycles. The van der Waals surface area contributed by atoms with Gasteiger partial charge in [-0.2, -0.15) is 0 Å². The summed E-state index contributed by atoms with van der Waals surface area (Å²) >= 11 is 0. The van der Waals surface area contributed by atoms with E-state index in [-0.39, 0.29) is 12.0 Å². The quantitative estimate of drug-likeness (QED) is 0.0703. The minimum Gasteiger partial charge on any atom is -0.448 e. The smallest absolute Gasteiger partial charge is 0.409 e. The SMILES string of the molecule is CN(CCOCCOCCOCCOCCOCCOCCOCCOCCOCCOCCOCc1ccccc1)C(=O)OCC1c2ccccc2-c2ccccc21. The second kappa shape index (κ2) is 32.3. The molecule has 0 spiro atoms. The molecule has 0 saturated carbocycles. The van der Waals surface area contributed by atoms with Gasteiger partial charge >= 0.3 is 6.09 Å². The Labute approximate surface area is 350 Å². The van der Waals surface area contributed by atoms with Crippen molar-refractivity contribution in [2.75, 3.05) is 159 Å². The average molecular weight is 828 g/mol. The first-order chi connectivity index (χ1) is 29.2. The summed E-state index contributed by atoms with van der Waals surface area (Å²) in [6.07, 6.45) is -0.365. The highest BCUT2D eigenvalue weighted by atomic mass is 16.6. The van der Waals surface area contributed by atoms with Crippen LogP contribution in [0, 0.1) is 0 Å². The molecule has 0 saturated heterocycles. The first-order valence-electron chi connectivity index (χ1n) is 20.7. The van der Waals surface area contributed by atoms with Crippen LogP contribution in [0.25, 0.3) is 11.1 Å². The molecule has 1 amide bonds. The molecule has 0 aliphatic heterocycles. The number of likely N-dealkylation sites (N-methyl/N-ethyl adjacent to an activating group) is 1. The standard InChI is InChI=1S/C45H65NO13/c1-46(45(47)59-38-44-42-13-7-5-11-40(42)41-12-6-8-14-43(41)44)15-16-48-17-18-49-19-20-50-21-22-51-23-24-52-25-26-53-27-28-54-29-30-55-31-32-56-33-34-57-35-36-58-37-39-9-3-2-4-10-39/h2-14,44H,15-38H2,1H3. The lowest BCUT2D eigenvalue weighted by Gasteiger charge is -2.19. The van der Waals surface area contributed by atoms with Gasteiger partial charge in [0.1, 0.15) is 6.61 Å². The van der Waals surface area contributed by atoms with E-state index in [2.05, 4.69) is 24.3 Å². The van der Waals surface area contributed by atoms with Crippen LogP contribution < -0.4 is 0 Å². The monoisotopic (exact) mass is 827 g/mol. The molecule has 0 fully saturated rings. The lowest BCUT2D eigenvalue weighted by molar-refractivity contribution is -0.0278. The Morgan fingerprint density at radius 3 is 1.14 bits per heavy atom. The third-order valence-corrected chi connectivity index (χ3v) is 9.05. The zero-order chi connectivity index (χ0) is 41.3. The molecule has 59 heavy (non-hydrogen) atoms. The maximum atomic E-state index is 12.6. The van der Waals surface area contributed by atoms with Gasteiger partial charge in [0.05, 0.1) is 145 Å². The van der Waals surface area contributed by atoms with E-state index < -0.39 is 0 Å². The molecule has 0 bridgehead atoms. The summed E-state index contributed by atoms with van der Waals surface area (Å²) in [5.74, 6) is 0.0372. The normalized spacial score (nSPS) is 12.2. The van der Waals surface area contributed by atoms with Gasteiger partial charge in [0.2, 0.25) is 0 Å². The second-order valence-corrected chi connectivity index (χ2v) is 13.4. The van der Waals surface area contributed by atoms with Gasteiger partial charge in [-0.15, -0.1) is 0 Å². The highest BCUT2D eigenvalue weighted by Gasteiger charge is 2.29. The number of nitrogens with zero attached hydrogens (tertiary/aromatic N) is 1. The molecule has 14 heteroatoms. The topological polar surface area (TPSA) is 131 Å². The lowest BCUT2D eigenvalue weighted by atomic mass is 9.98. The van der Waals surface area contributed by atoms with Crippen molar-refractivity contribution in [3.63, 3.8) is 0 Å². The summed E-state index contributed by atoms with van der Waals surface area (Å²) in [7, 11) is 1.71. The number of rotatable bonds is 37. The van der Waals surface area contributed by atoms with Crippen molar-refractivity contribution in [1.29, 1.82) is 0 Å². The van der Waals surface area contributed by atoms with E-state index >= 15 is 0 Å². The molecule has 3 aromatic carbocycles. The van der Waals surface area contributed by atoms with E-state index in [1.807, 2.05) is 54.6 Å². The van der Waals surface area contributed by atoms with Crippen molar-refractivity contribution < 1.29 is 61.6 Å². The molecule has 0 N–H and O–H groups in total. The van der Waals surface area contributed by atoms with Crippen molar-refractivity contribution >= 4 is 6.09 Å². The number of fused-ring (bicyclic) bond motifs is 3. The average Bonchev–Trinajstić information content (AvgIpc) is 3.59. The predicted octanol–water partition coefficient (Wildman–Crippen LogP) is 5.25. The van der Waals surface area contributed by atoms with Crippen LogP contribution in [-0.2, 0) is 63.4 Å². The van der Waals surface area contributed by atoms with Gasteiger partial charge in [-0.05, 0) is 27.8 Å². The fourth-order valence-electron chi connectivity index (χ4n) is 5.96. The zero-order valence-electron chi connectivity index (χ0n) is 34.8. The Hall–Kier alpha value is -3.51. The van der Waals surface area contributed by atoms with Crippen LogP contribution >= 0.6 is 0 Å². The summed E-state index contributed by atoms with van der Waals surface area (Å²) in [5.41, 5.74) is 5.95. The van der Waals surface area contributed by atoms with Crippen LogP contribution in [0.4, 0.5) is 4.79 Å². The van der Waals surface area contributed by atoms with Crippen LogP contribution in [-0.4, -0.2) is 170 Å². The van der Waals surface area contributed by atoms with Gasteiger partial charge < -0.3 is 61.7 Å². The molecular weight excluding hydrogens is 762 g/mol. The summed E-state index contributed by atoms with van der Waals surface area (Å²) in [5, 5.41) is 0.